The average Bonchev–Trinajstić information content (AvgIpc) is 2.54. The van der Waals surface area contributed by atoms with Crippen molar-refractivity contribution in [2.75, 3.05) is 25.5 Å². The van der Waals surface area contributed by atoms with Crippen molar-refractivity contribution in [3.8, 4) is 0 Å². The number of benzene rings is 1. The third-order valence-corrected chi connectivity index (χ3v) is 4.01. The first-order valence-electron chi connectivity index (χ1n) is 8.35. The molecule has 1 fully saturated rings. The molecule has 0 aromatic heterocycles. The van der Waals surface area contributed by atoms with Gasteiger partial charge in [-0.1, -0.05) is 12.1 Å². The molecule has 1 aliphatic rings. The minimum Gasteiger partial charge on any atom is -0.444 e. The van der Waals surface area contributed by atoms with Crippen molar-refractivity contribution in [2.45, 2.75) is 45.1 Å². The van der Waals surface area contributed by atoms with E-state index in [0.29, 0.717) is 19.0 Å². The third kappa shape index (κ3) is 5.15. The Labute approximate surface area is 143 Å². The number of carbonyl (C=O) groups excluding carboxylic acids is 2. The molecule has 6 nitrogen and oxygen atoms in total. The van der Waals surface area contributed by atoms with Crippen LogP contribution in [0.25, 0.3) is 0 Å². The number of hydrogen-bond acceptors (Lipinski definition) is 3. The monoisotopic (exact) mass is 333 g/mol. The second-order valence-electron chi connectivity index (χ2n) is 7.07. The van der Waals surface area contributed by atoms with Crippen LogP contribution in [-0.4, -0.2) is 42.8 Å². The molecule has 24 heavy (non-hydrogen) atoms. The Bertz CT molecular complexity index is 570. The van der Waals surface area contributed by atoms with E-state index < -0.39 is 5.60 Å². The van der Waals surface area contributed by atoms with Gasteiger partial charge in [0.1, 0.15) is 5.60 Å². The molecule has 1 saturated heterocycles. The molecule has 0 spiro atoms. The predicted molar refractivity (Wildman–Crippen MR) is 94.3 cm³/mol. The van der Waals surface area contributed by atoms with Gasteiger partial charge in [0.15, 0.2) is 0 Å². The van der Waals surface area contributed by atoms with Gasteiger partial charge in [0.25, 0.3) is 0 Å². The van der Waals surface area contributed by atoms with Crippen LogP contribution in [-0.2, 0) is 4.74 Å². The normalized spacial score (nSPS) is 15.8. The third-order valence-electron chi connectivity index (χ3n) is 4.01. The standard InChI is InChI=1S/C18H27N3O3/c1-18(2,3)24-17(23)21-11-9-14(10-12-21)13-5-7-15(8-6-13)20-16(22)19-4/h5-8,14H,9-12H2,1-4H3,(H2,19,20,22). The Morgan fingerprint density at radius 3 is 2.21 bits per heavy atom. The van der Waals surface area contributed by atoms with Crippen molar-refractivity contribution in [1.82, 2.24) is 10.2 Å². The van der Waals surface area contributed by atoms with Crippen LogP contribution in [0.15, 0.2) is 24.3 Å². The SMILES string of the molecule is CNC(=O)Nc1ccc(C2CCN(C(=O)OC(C)(C)C)CC2)cc1. The molecule has 1 aromatic carbocycles. The highest BCUT2D eigenvalue weighted by molar-refractivity contribution is 5.88. The number of ether oxygens (including phenoxy) is 1. The van der Waals surface area contributed by atoms with Crippen LogP contribution in [0.5, 0.6) is 0 Å². The molecule has 2 N–H and O–H groups in total. The number of carbonyl (C=O) groups is 2. The summed E-state index contributed by atoms with van der Waals surface area (Å²) in [6.07, 6.45) is 1.61. The molecular weight excluding hydrogens is 306 g/mol. The van der Waals surface area contributed by atoms with Gasteiger partial charge in [-0.25, -0.2) is 9.59 Å². The van der Waals surface area contributed by atoms with Crippen molar-refractivity contribution in [2.24, 2.45) is 0 Å². The Morgan fingerprint density at radius 1 is 1.12 bits per heavy atom. The number of anilines is 1. The largest absolute Gasteiger partial charge is 0.444 e. The number of nitrogens with zero attached hydrogens (tertiary/aromatic N) is 1. The van der Waals surface area contributed by atoms with E-state index in [2.05, 4.69) is 10.6 Å². The average molecular weight is 333 g/mol. The maximum Gasteiger partial charge on any atom is 0.410 e. The molecule has 0 atom stereocenters. The summed E-state index contributed by atoms with van der Waals surface area (Å²) in [7, 11) is 1.59. The molecule has 0 aliphatic carbocycles. The number of nitrogens with one attached hydrogen (secondary N) is 2. The van der Waals surface area contributed by atoms with Gasteiger partial charge >= 0.3 is 12.1 Å². The fourth-order valence-corrected chi connectivity index (χ4v) is 2.75. The first-order chi connectivity index (χ1) is 11.3. The van der Waals surface area contributed by atoms with Crippen molar-refractivity contribution in [1.29, 1.82) is 0 Å². The summed E-state index contributed by atoms with van der Waals surface area (Å²) in [5.74, 6) is 0.428. The van der Waals surface area contributed by atoms with Gasteiger partial charge in [-0.15, -0.1) is 0 Å². The molecule has 1 heterocycles. The van der Waals surface area contributed by atoms with Gasteiger partial charge in [0, 0.05) is 25.8 Å². The number of amides is 3. The zero-order valence-corrected chi connectivity index (χ0v) is 14.9. The van der Waals surface area contributed by atoms with Gasteiger partial charge in [-0.05, 0) is 57.2 Å². The Kier molecular flexibility index (Phi) is 5.70. The van der Waals surface area contributed by atoms with Crippen LogP contribution in [0.4, 0.5) is 15.3 Å². The molecule has 6 heteroatoms. The molecule has 1 aliphatic heterocycles. The van der Waals surface area contributed by atoms with E-state index in [1.54, 1.807) is 11.9 Å². The van der Waals surface area contributed by atoms with E-state index in [9.17, 15) is 9.59 Å². The summed E-state index contributed by atoms with van der Waals surface area (Å²) in [6, 6.07) is 7.67. The van der Waals surface area contributed by atoms with E-state index in [1.165, 1.54) is 5.56 Å². The molecule has 0 bridgehead atoms. The topological polar surface area (TPSA) is 70.7 Å². The lowest BCUT2D eigenvalue weighted by atomic mass is 9.89. The first kappa shape index (κ1) is 18.1. The maximum atomic E-state index is 12.1. The van der Waals surface area contributed by atoms with E-state index in [-0.39, 0.29) is 12.1 Å². The summed E-state index contributed by atoms with van der Waals surface area (Å²) in [4.78, 5) is 25.2. The number of hydrogen-bond donors (Lipinski definition) is 2. The number of likely N-dealkylation sites (tertiary alicyclic amines) is 1. The van der Waals surface area contributed by atoms with Crippen LogP contribution in [0.3, 0.4) is 0 Å². The molecule has 0 saturated carbocycles. The first-order valence-corrected chi connectivity index (χ1v) is 8.35. The van der Waals surface area contributed by atoms with Crippen molar-refractivity contribution < 1.29 is 14.3 Å². The fraction of sp³-hybridized carbons (Fsp3) is 0.556. The van der Waals surface area contributed by atoms with Gasteiger partial charge in [-0.3, -0.25) is 0 Å². The summed E-state index contributed by atoms with van der Waals surface area (Å²) < 4.78 is 5.42. The molecule has 132 valence electrons. The summed E-state index contributed by atoms with van der Waals surface area (Å²) >= 11 is 0. The smallest absolute Gasteiger partial charge is 0.410 e. The highest BCUT2D eigenvalue weighted by atomic mass is 16.6. The van der Waals surface area contributed by atoms with Crippen LogP contribution in [0, 0.1) is 0 Å². The second kappa shape index (κ2) is 7.55. The van der Waals surface area contributed by atoms with Crippen molar-refractivity contribution >= 4 is 17.8 Å². The van der Waals surface area contributed by atoms with Crippen LogP contribution in [0.2, 0.25) is 0 Å². The zero-order chi connectivity index (χ0) is 17.7. The molecular formula is C18H27N3O3. The van der Waals surface area contributed by atoms with Crippen LogP contribution < -0.4 is 10.6 Å². The van der Waals surface area contributed by atoms with E-state index in [4.69, 9.17) is 4.74 Å². The number of piperidine rings is 1. The number of urea groups is 1. The fourth-order valence-electron chi connectivity index (χ4n) is 2.75. The van der Waals surface area contributed by atoms with Gasteiger partial charge in [0.05, 0.1) is 0 Å². The maximum absolute atomic E-state index is 12.1. The molecule has 0 radical (unpaired) electrons. The van der Waals surface area contributed by atoms with E-state index in [1.807, 2.05) is 45.0 Å². The van der Waals surface area contributed by atoms with Gasteiger partial charge < -0.3 is 20.3 Å². The summed E-state index contributed by atoms with van der Waals surface area (Å²) in [5, 5.41) is 5.27. The highest BCUT2D eigenvalue weighted by Crippen LogP contribution is 2.29. The molecule has 0 unspecified atom stereocenters. The van der Waals surface area contributed by atoms with E-state index >= 15 is 0 Å². The summed E-state index contributed by atoms with van der Waals surface area (Å²) in [6.45, 7) is 7.06. The quantitative estimate of drug-likeness (QED) is 0.869. The van der Waals surface area contributed by atoms with Gasteiger partial charge in [0.2, 0.25) is 0 Å². The predicted octanol–water partition coefficient (Wildman–Crippen LogP) is 3.55. The lowest BCUT2D eigenvalue weighted by Crippen LogP contribution is -2.41. The molecule has 3 amide bonds. The second-order valence-corrected chi connectivity index (χ2v) is 7.07. The van der Waals surface area contributed by atoms with Gasteiger partial charge in [-0.2, -0.15) is 0 Å². The number of rotatable bonds is 2. The lowest BCUT2D eigenvalue weighted by Gasteiger charge is -2.33. The van der Waals surface area contributed by atoms with Crippen molar-refractivity contribution in [3.63, 3.8) is 0 Å². The Morgan fingerprint density at radius 2 is 1.71 bits per heavy atom. The lowest BCUT2D eigenvalue weighted by molar-refractivity contribution is 0.0205. The Hall–Kier alpha value is -2.24. The van der Waals surface area contributed by atoms with E-state index in [0.717, 1.165) is 18.5 Å². The molecule has 2 rings (SSSR count). The zero-order valence-electron chi connectivity index (χ0n) is 14.9. The minimum atomic E-state index is -0.457. The van der Waals surface area contributed by atoms with Crippen LogP contribution in [0.1, 0.15) is 45.1 Å². The van der Waals surface area contributed by atoms with Crippen molar-refractivity contribution in [3.05, 3.63) is 29.8 Å². The highest BCUT2D eigenvalue weighted by Gasteiger charge is 2.27. The molecule has 1 aromatic rings. The Balaban J connectivity index is 1.88. The van der Waals surface area contributed by atoms with Crippen LogP contribution >= 0.6 is 0 Å². The summed E-state index contributed by atoms with van der Waals surface area (Å²) in [5.41, 5.74) is 1.55. The minimum absolute atomic E-state index is 0.228.